The van der Waals surface area contributed by atoms with Crippen LogP contribution in [0.5, 0.6) is 0 Å². The van der Waals surface area contributed by atoms with E-state index in [0.29, 0.717) is 17.9 Å². The molecule has 3 amide bonds. The van der Waals surface area contributed by atoms with E-state index in [2.05, 4.69) is 0 Å². The average Bonchev–Trinajstić information content (AvgIpc) is 2.86. The Morgan fingerprint density at radius 1 is 1.04 bits per heavy atom. The molecule has 0 bridgehead atoms. The molecule has 2 heterocycles. The standard InChI is InChI=1S/C20H24N2O6/c1-12-9-10-13(11-21(12)19(26)27-20(2,3)4)18(25)28-22-16(23)14-7-5-6-8-15(14)17(22)24/h5-8,12-13H,9-11H2,1-4H3/t12-,13+/m0/s1. The Balaban J connectivity index is 1.67. The maximum absolute atomic E-state index is 12.6. The molecule has 0 aliphatic carbocycles. The van der Waals surface area contributed by atoms with Crippen LogP contribution in [0.25, 0.3) is 0 Å². The van der Waals surface area contributed by atoms with Gasteiger partial charge in [-0.2, -0.15) is 0 Å². The molecule has 150 valence electrons. The molecule has 1 saturated heterocycles. The number of imide groups is 1. The van der Waals surface area contributed by atoms with Gasteiger partial charge in [0.05, 0.1) is 17.0 Å². The molecule has 1 aromatic carbocycles. The van der Waals surface area contributed by atoms with Gasteiger partial charge in [-0.05, 0) is 52.7 Å². The Morgan fingerprint density at radius 2 is 1.61 bits per heavy atom. The van der Waals surface area contributed by atoms with Gasteiger partial charge in [0.15, 0.2) is 0 Å². The number of likely N-dealkylation sites (tertiary alicyclic amines) is 1. The average molecular weight is 388 g/mol. The molecule has 1 aromatic rings. The van der Waals surface area contributed by atoms with E-state index in [0.717, 1.165) is 0 Å². The van der Waals surface area contributed by atoms with Crippen molar-refractivity contribution in [2.75, 3.05) is 6.54 Å². The fraction of sp³-hybridized carbons (Fsp3) is 0.500. The van der Waals surface area contributed by atoms with E-state index in [4.69, 9.17) is 9.57 Å². The van der Waals surface area contributed by atoms with E-state index in [1.165, 1.54) is 17.0 Å². The second kappa shape index (κ2) is 7.26. The van der Waals surface area contributed by atoms with E-state index in [-0.39, 0.29) is 23.7 Å². The van der Waals surface area contributed by atoms with Crippen LogP contribution in [0.4, 0.5) is 4.79 Å². The number of benzene rings is 1. The first-order valence-electron chi connectivity index (χ1n) is 9.27. The number of rotatable bonds is 2. The van der Waals surface area contributed by atoms with Crippen LogP contribution in [-0.2, 0) is 14.4 Å². The Kier molecular flexibility index (Phi) is 5.14. The van der Waals surface area contributed by atoms with Crippen LogP contribution in [0.15, 0.2) is 24.3 Å². The summed E-state index contributed by atoms with van der Waals surface area (Å²) in [5.41, 5.74) is -0.245. The van der Waals surface area contributed by atoms with Gasteiger partial charge in [-0.25, -0.2) is 9.59 Å². The molecule has 0 radical (unpaired) electrons. The lowest BCUT2D eigenvalue weighted by molar-refractivity contribution is -0.175. The first kappa shape index (κ1) is 19.9. The van der Waals surface area contributed by atoms with Gasteiger partial charge in [-0.1, -0.05) is 17.2 Å². The maximum atomic E-state index is 12.6. The number of piperidine rings is 1. The number of carbonyl (C=O) groups is 4. The number of nitrogens with zero attached hydrogens (tertiary/aromatic N) is 2. The molecule has 2 aliphatic heterocycles. The van der Waals surface area contributed by atoms with Crippen molar-refractivity contribution >= 4 is 23.9 Å². The highest BCUT2D eigenvalue weighted by atomic mass is 16.7. The number of amides is 3. The van der Waals surface area contributed by atoms with Crippen LogP contribution in [0.1, 0.15) is 61.3 Å². The Morgan fingerprint density at radius 3 is 2.14 bits per heavy atom. The Labute approximate surface area is 163 Å². The molecular weight excluding hydrogens is 364 g/mol. The number of carbonyl (C=O) groups excluding carboxylic acids is 4. The molecule has 0 spiro atoms. The summed E-state index contributed by atoms with van der Waals surface area (Å²) < 4.78 is 5.40. The fourth-order valence-electron chi connectivity index (χ4n) is 3.29. The predicted molar refractivity (Wildman–Crippen MR) is 98.2 cm³/mol. The first-order valence-corrected chi connectivity index (χ1v) is 9.27. The zero-order valence-corrected chi connectivity index (χ0v) is 16.4. The molecule has 8 heteroatoms. The fourth-order valence-corrected chi connectivity index (χ4v) is 3.29. The van der Waals surface area contributed by atoms with Gasteiger partial charge >= 0.3 is 12.1 Å². The van der Waals surface area contributed by atoms with Crippen molar-refractivity contribution in [3.05, 3.63) is 35.4 Å². The lowest BCUT2D eigenvalue weighted by Gasteiger charge is -2.37. The van der Waals surface area contributed by atoms with E-state index >= 15 is 0 Å². The van der Waals surface area contributed by atoms with Crippen molar-refractivity contribution < 1.29 is 28.8 Å². The minimum absolute atomic E-state index is 0.0850. The number of ether oxygens (including phenoxy) is 1. The Hall–Kier alpha value is -2.90. The summed E-state index contributed by atoms with van der Waals surface area (Å²) in [6.07, 6.45) is 0.571. The van der Waals surface area contributed by atoms with Gasteiger partial charge in [0.2, 0.25) is 0 Å². The lowest BCUT2D eigenvalue weighted by atomic mass is 9.94. The minimum Gasteiger partial charge on any atom is -0.444 e. The molecule has 0 saturated carbocycles. The summed E-state index contributed by atoms with van der Waals surface area (Å²) in [5, 5.41) is 0.503. The van der Waals surface area contributed by atoms with E-state index < -0.39 is 35.4 Å². The third-order valence-electron chi connectivity index (χ3n) is 4.78. The third kappa shape index (κ3) is 3.85. The SMILES string of the molecule is C[C@H]1CC[C@@H](C(=O)ON2C(=O)c3ccccc3C2=O)CN1C(=O)OC(C)(C)C. The normalized spacial score (nSPS) is 22.1. The Bertz CT molecular complexity index is 793. The quantitative estimate of drug-likeness (QED) is 0.723. The van der Waals surface area contributed by atoms with Crippen molar-refractivity contribution in [3.8, 4) is 0 Å². The minimum atomic E-state index is -0.713. The van der Waals surface area contributed by atoms with Gasteiger partial charge in [-0.15, -0.1) is 0 Å². The summed E-state index contributed by atoms with van der Waals surface area (Å²) in [6, 6.07) is 6.21. The van der Waals surface area contributed by atoms with Crippen molar-refractivity contribution in [2.45, 2.75) is 52.2 Å². The van der Waals surface area contributed by atoms with Crippen LogP contribution in [0.2, 0.25) is 0 Å². The third-order valence-corrected chi connectivity index (χ3v) is 4.78. The predicted octanol–water partition coefficient (Wildman–Crippen LogP) is 2.78. The topological polar surface area (TPSA) is 93.2 Å². The van der Waals surface area contributed by atoms with Crippen molar-refractivity contribution in [1.82, 2.24) is 9.96 Å². The zero-order valence-electron chi connectivity index (χ0n) is 16.4. The molecule has 28 heavy (non-hydrogen) atoms. The van der Waals surface area contributed by atoms with Crippen LogP contribution in [0.3, 0.4) is 0 Å². The lowest BCUT2D eigenvalue weighted by Crippen LogP contribution is -2.50. The van der Waals surface area contributed by atoms with Crippen LogP contribution in [0, 0.1) is 5.92 Å². The smallest absolute Gasteiger partial charge is 0.410 e. The molecule has 2 atom stereocenters. The van der Waals surface area contributed by atoms with Gasteiger partial charge in [0.1, 0.15) is 5.60 Å². The van der Waals surface area contributed by atoms with E-state index in [1.807, 2.05) is 6.92 Å². The zero-order chi connectivity index (χ0) is 20.6. The molecule has 3 rings (SSSR count). The van der Waals surface area contributed by atoms with Gasteiger partial charge < -0.3 is 14.5 Å². The molecule has 0 aromatic heterocycles. The molecular formula is C20H24N2O6. The van der Waals surface area contributed by atoms with Gasteiger partial charge in [0, 0.05) is 12.6 Å². The van der Waals surface area contributed by atoms with Crippen LogP contribution < -0.4 is 0 Å². The summed E-state index contributed by atoms with van der Waals surface area (Å²) >= 11 is 0. The summed E-state index contributed by atoms with van der Waals surface area (Å²) in [4.78, 5) is 56.4. The van der Waals surface area contributed by atoms with Crippen LogP contribution in [-0.4, -0.2) is 52.0 Å². The number of hydrogen-bond donors (Lipinski definition) is 0. The van der Waals surface area contributed by atoms with Crippen molar-refractivity contribution in [2.24, 2.45) is 5.92 Å². The van der Waals surface area contributed by atoms with E-state index in [1.54, 1.807) is 32.9 Å². The second-order valence-corrected chi connectivity index (χ2v) is 8.12. The molecule has 0 N–H and O–H groups in total. The highest BCUT2D eigenvalue weighted by Gasteiger charge is 2.41. The van der Waals surface area contributed by atoms with Crippen LogP contribution >= 0.6 is 0 Å². The largest absolute Gasteiger partial charge is 0.444 e. The van der Waals surface area contributed by atoms with E-state index in [9.17, 15) is 19.2 Å². The van der Waals surface area contributed by atoms with Crippen molar-refractivity contribution in [3.63, 3.8) is 0 Å². The number of hydroxylamine groups is 2. The maximum Gasteiger partial charge on any atom is 0.410 e. The number of fused-ring (bicyclic) bond motifs is 1. The van der Waals surface area contributed by atoms with Crippen molar-refractivity contribution in [1.29, 1.82) is 0 Å². The highest BCUT2D eigenvalue weighted by Crippen LogP contribution is 2.27. The van der Waals surface area contributed by atoms with Gasteiger partial charge in [-0.3, -0.25) is 9.59 Å². The molecule has 2 aliphatic rings. The molecule has 1 fully saturated rings. The molecule has 0 unspecified atom stereocenters. The molecule has 8 nitrogen and oxygen atoms in total. The second-order valence-electron chi connectivity index (χ2n) is 8.12. The first-order chi connectivity index (χ1) is 13.1. The number of hydrogen-bond acceptors (Lipinski definition) is 6. The highest BCUT2D eigenvalue weighted by molar-refractivity contribution is 6.20. The van der Waals surface area contributed by atoms with Gasteiger partial charge in [0.25, 0.3) is 11.8 Å². The summed E-state index contributed by atoms with van der Waals surface area (Å²) in [5.74, 6) is -2.69. The summed E-state index contributed by atoms with van der Waals surface area (Å²) in [6.45, 7) is 7.31. The monoisotopic (exact) mass is 388 g/mol. The summed E-state index contributed by atoms with van der Waals surface area (Å²) in [7, 11) is 0.